The zero-order valence-corrected chi connectivity index (χ0v) is 17.7. The highest BCUT2D eigenvalue weighted by molar-refractivity contribution is 5.82. The molecule has 0 saturated carbocycles. The second kappa shape index (κ2) is 7.51. The zero-order chi connectivity index (χ0) is 23.5. The van der Waals surface area contributed by atoms with Gasteiger partial charge in [0.1, 0.15) is 11.6 Å². The van der Waals surface area contributed by atoms with Gasteiger partial charge in [-0.05, 0) is 49.7 Å². The Labute approximate surface area is 185 Å². The van der Waals surface area contributed by atoms with Gasteiger partial charge in [-0.15, -0.1) is 5.10 Å². The minimum absolute atomic E-state index is 0.238. The van der Waals surface area contributed by atoms with Crippen molar-refractivity contribution in [2.24, 2.45) is 0 Å². The van der Waals surface area contributed by atoms with Crippen LogP contribution in [0, 0.1) is 19.7 Å². The van der Waals surface area contributed by atoms with Gasteiger partial charge in [-0.1, -0.05) is 11.6 Å². The maximum atomic E-state index is 13.6. The molecule has 0 spiro atoms. The second-order valence-electron chi connectivity index (χ2n) is 8.24. The van der Waals surface area contributed by atoms with Crippen LogP contribution >= 0.6 is 0 Å². The highest BCUT2D eigenvalue weighted by Gasteiger charge is 2.32. The zero-order valence-electron chi connectivity index (χ0n) is 17.7. The summed E-state index contributed by atoms with van der Waals surface area (Å²) in [4.78, 5) is 20.4. The number of fused-ring (bicyclic) bond motifs is 2. The monoisotopic (exact) mass is 457 g/mol. The molecule has 10 heteroatoms. The van der Waals surface area contributed by atoms with Crippen molar-refractivity contribution in [2.75, 3.05) is 0 Å². The predicted molar refractivity (Wildman–Crippen MR) is 114 cm³/mol. The van der Waals surface area contributed by atoms with Crippen molar-refractivity contribution in [1.29, 1.82) is 0 Å². The summed E-state index contributed by atoms with van der Waals surface area (Å²) in [6.45, 7) is 3.83. The summed E-state index contributed by atoms with van der Waals surface area (Å²) in [5.74, 6) is 0.399. The van der Waals surface area contributed by atoms with Crippen molar-refractivity contribution < 1.29 is 17.6 Å². The van der Waals surface area contributed by atoms with E-state index in [1.165, 1.54) is 18.2 Å². The molecule has 3 heterocycles. The number of alkyl halides is 3. The van der Waals surface area contributed by atoms with Crippen molar-refractivity contribution in [1.82, 2.24) is 25.1 Å². The van der Waals surface area contributed by atoms with Crippen LogP contribution in [0.25, 0.3) is 22.4 Å². The van der Waals surface area contributed by atoms with E-state index in [0.29, 0.717) is 46.1 Å². The predicted octanol–water partition coefficient (Wildman–Crippen LogP) is 4.41. The molecule has 0 radical (unpaired) electrons. The van der Waals surface area contributed by atoms with Crippen molar-refractivity contribution in [3.05, 3.63) is 80.5 Å². The standard InChI is InChI=1S/C23H19F4N5O/c1-11-5-13(7-14(6-11)23(25,26)27)18-10-32-19(9-28-18)30-22(31-32)20-12(2)21(33)16-8-15(24)3-4-17(16)29-20/h3-8,18,28H,9-10H2,1-2H3,(H,29,33). The smallest absolute Gasteiger partial charge is 0.351 e. The van der Waals surface area contributed by atoms with Crippen LogP contribution in [0.2, 0.25) is 0 Å². The molecule has 2 N–H and O–H groups in total. The lowest BCUT2D eigenvalue weighted by molar-refractivity contribution is -0.137. The van der Waals surface area contributed by atoms with Crippen LogP contribution in [0.1, 0.15) is 34.1 Å². The molecule has 1 unspecified atom stereocenters. The molecule has 6 nitrogen and oxygen atoms in total. The van der Waals surface area contributed by atoms with Crippen molar-refractivity contribution in [3.8, 4) is 11.5 Å². The number of rotatable bonds is 2. The Morgan fingerprint density at radius 2 is 1.91 bits per heavy atom. The summed E-state index contributed by atoms with van der Waals surface area (Å²) >= 11 is 0. The number of nitrogens with one attached hydrogen (secondary N) is 2. The molecule has 4 aromatic rings. The normalized spacial score (nSPS) is 16.2. The Balaban J connectivity index is 1.51. The molecule has 0 amide bonds. The number of pyridine rings is 1. The number of nitrogens with zero attached hydrogens (tertiary/aromatic N) is 3. The Morgan fingerprint density at radius 1 is 1.12 bits per heavy atom. The van der Waals surface area contributed by atoms with E-state index in [9.17, 15) is 22.4 Å². The van der Waals surface area contributed by atoms with E-state index in [1.807, 2.05) is 0 Å². The first-order valence-corrected chi connectivity index (χ1v) is 10.3. The van der Waals surface area contributed by atoms with Gasteiger partial charge in [-0.2, -0.15) is 13.2 Å². The van der Waals surface area contributed by atoms with Crippen LogP contribution in [0.4, 0.5) is 17.6 Å². The molecule has 0 fully saturated rings. The molecule has 0 aliphatic carbocycles. The third-order valence-electron chi connectivity index (χ3n) is 5.86. The summed E-state index contributed by atoms with van der Waals surface area (Å²) in [5.41, 5.74) is 1.27. The SMILES string of the molecule is Cc1cc(C2Cn3nc(-c4[nH]c5ccc(F)cc5c(=O)c4C)nc3CN2)cc(C(F)(F)F)c1. The van der Waals surface area contributed by atoms with Crippen LogP contribution in [0.5, 0.6) is 0 Å². The fraction of sp³-hybridized carbons (Fsp3) is 0.261. The number of aryl methyl sites for hydroxylation is 1. The van der Waals surface area contributed by atoms with Crippen LogP contribution in [0.15, 0.2) is 41.2 Å². The molecule has 170 valence electrons. The van der Waals surface area contributed by atoms with Crippen molar-refractivity contribution in [3.63, 3.8) is 0 Å². The summed E-state index contributed by atoms with van der Waals surface area (Å²) in [6.07, 6.45) is -4.43. The van der Waals surface area contributed by atoms with E-state index in [0.717, 1.165) is 12.1 Å². The van der Waals surface area contributed by atoms with E-state index in [1.54, 1.807) is 24.6 Å². The van der Waals surface area contributed by atoms with Crippen LogP contribution in [0.3, 0.4) is 0 Å². The number of hydrogen-bond donors (Lipinski definition) is 2. The highest BCUT2D eigenvalue weighted by atomic mass is 19.4. The van der Waals surface area contributed by atoms with Crippen molar-refractivity contribution in [2.45, 2.75) is 39.2 Å². The lowest BCUT2D eigenvalue weighted by atomic mass is 9.99. The molecule has 1 atom stereocenters. The van der Waals surface area contributed by atoms with Gasteiger partial charge in [0.05, 0.1) is 35.9 Å². The van der Waals surface area contributed by atoms with Crippen molar-refractivity contribution >= 4 is 10.9 Å². The van der Waals surface area contributed by atoms with E-state index in [4.69, 9.17) is 0 Å². The minimum atomic E-state index is -4.43. The topological polar surface area (TPSA) is 75.6 Å². The molecule has 1 aliphatic rings. The van der Waals surface area contributed by atoms with Gasteiger partial charge in [-0.25, -0.2) is 14.1 Å². The van der Waals surface area contributed by atoms with Gasteiger partial charge < -0.3 is 10.3 Å². The number of benzene rings is 2. The van der Waals surface area contributed by atoms with Crippen LogP contribution in [-0.4, -0.2) is 19.7 Å². The lowest BCUT2D eigenvalue weighted by Gasteiger charge is -2.25. The highest BCUT2D eigenvalue weighted by Crippen LogP contribution is 2.33. The summed E-state index contributed by atoms with van der Waals surface area (Å²) in [5, 5.41) is 7.97. The average molecular weight is 457 g/mol. The third kappa shape index (κ3) is 3.80. The lowest BCUT2D eigenvalue weighted by Crippen LogP contribution is -2.33. The molecule has 1 aliphatic heterocycles. The Kier molecular flexibility index (Phi) is 4.86. The molecule has 33 heavy (non-hydrogen) atoms. The fourth-order valence-corrected chi connectivity index (χ4v) is 4.19. The Morgan fingerprint density at radius 3 is 2.67 bits per heavy atom. The molecule has 5 rings (SSSR count). The maximum absolute atomic E-state index is 13.6. The molecule has 0 bridgehead atoms. The van der Waals surface area contributed by atoms with E-state index in [2.05, 4.69) is 20.4 Å². The van der Waals surface area contributed by atoms with Crippen LogP contribution in [-0.2, 0) is 19.3 Å². The van der Waals surface area contributed by atoms with Gasteiger partial charge in [0.15, 0.2) is 11.3 Å². The first-order chi connectivity index (χ1) is 15.6. The molecule has 2 aromatic carbocycles. The largest absolute Gasteiger partial charge is 0.416 e. The average Bonchev–Trinajstić information content (AvgIpc) is 3.18. The van der Waals surface area contributed by atoms with Gasteiger partial charge in [0, 0.05) is 10.9 Å². The van der Waals surface area contributed by atoms with Gasteiger partial charge >= 0.3 is 6.18 Å². The Hall–Kier alpha value is -3.53. The first kappa shape index (κ1) is 21.3. The number of aromatic amines is 1. The number of hydrogen-bond acceptors (Lipinski definition) is 4. The summed E-state index contributed by atoms with van der Waals surface area (Å²) < 4.78 is 55.0. The number of H-pyrrole nitrogens is 1. The maximum Gasteiger partial charge on any atom is 0.416 e. The second-order valence-corrected chi connectivity index (χ2v) is 8.24. The van der Waals surface area contributed by atoms with E-state index < -0.39 is 17.6 Å². The van der Waals surface area contributed by atoms with Gasteiger partial charge in [0.25, 0.3) is 0 Å². The fourth-order valence-electron chi connectivity index (χ4n) is 4.19. The first-order valence-electron chi connectivity index (χ1n) is 10.3. The van der Waals surface area contributed by atoms with E-state index >= 15 is 0 Å². The Bertz CT molecular complexity index is 1450. The van der Waals surface area contributed by atoms with Crippen LogP contribution < -0.4 is 10.7 Å². The van der Waals surface area contributed by atoms with Gasteiger partial charge in [0.2, 0.25) is 0 Å². The minimum Gasteiger partial charge on any atom is -0.351 e. The molecular formula is C23H19F4N5O. The molecule has 0 saturated heterocycles. The molecular weight excluding hydrogens is 438 g/mol. The van der Waals surface area contributed by atoms with E-state index in [-0.39, 0.29) is 23.4 Å². The summed E-state index contributed by atoms with van der Waals surface area (Å²) in [6, 6.07) is 7.54. The molecule has 2 aromatic heterocycles. The number of halogens is 4. The summed E-state index contributed by atoms with van der Waals surface area (Å²) in [7, 11) is 0. The third-order valence-corrected chi connectivity index (χ3v) is 5.86. The number of aromatic nitrogens is 4. The van der Waals surface area contributed by atoms with Gasteiger partial charge in [-0.3, -0.25) is 4.79 Å². The quantitative estimate of drug-likeness (QED) is 0.438.